The zero-order valence-corrected chi connectivity index (χ0v) is 5.63. The van der Waals surface area contributed by atoms with Crippen LogP contribution >= 0.6 is 0 Å². The molecule has 0 amide bonds. The van der Waals surface area contributed by atoms with Crippen LogP contribution in [0.4, 0.5) is 0 Å². The molecule has 0 atom stereocenters. The molecule has 1 aliphatic rings. The first-order valence-corrected chi connectivity index (χ1v) is 2.26. The van der Waals surface area contributed by atoms with Gasteiger partial charge in [0.05, 0.1) is 0 Å². The van der Waals surface area contributed by atoms with Crippen molar-refractivity contribution in [2.45, 2.75) is 0 Å². The Kier molecular flexibility index (Phi) is 3.11. The summed E-state index contributed by atoms with van der Waals surface area (Å²) in [4.78, 5) is 4.00. The minimum Gasteiger partial charge on any atom is -0.594 e. The van der Waals surface area contributed by atoms with Crippen LogP contribution in [0.15, 0.2) is 12.4 Å². The summed E-state index contributed by atoms with van der Waals surface area (Å²) in [6, 6.07) is 0. The molecule has 1 heterocycles. The van der Waals surface area contributed by atoms with Gasteiger partial charge in [0, 0.05) is 0 Å². The Hall–Kier alpha value is 0.00234. The van der Waals surface area contributed by atoms with E-state index >= 15 is 0 Å². The number of rotatable bonds is 0. The van der Waals surface area contributed by atoms with Crippen molar-refractivity contribution >= 4 is 7.55 Å². The van der Waals surface area contributed by atoms with Crippen molar-refractivity contribution < 1.29 is 18.9 Å². The van der Waals surface area contributed by atoms with Crippen LogP contribution in [0, 0.1) is 0 Å². The normalized spacial score (nSPS) is 16.8. The van der Waals surface area contributed by atoms with Gasteiger partial charge >= 0.3 is 18.9 Å². The van der Waals surface area contributed by atoms with Crippen LogP contribution in [-0.4, -0.2) is 31.3 Å². The third kappa shape index (κ3) is 1.85. The van der Waals surface area contributed by atoms with Gasteiger partial charge in [-0.25, -0.2) is 0 Å². The van der Waals surface area contributed by atoms with Crippen LogP contribution in [0.25, 0.3) is 0 Å². The molecule has 1 rings (SSSR count). The topological polar surface area (TPSA) is 6.48 Å². The summed E-state index contributed by atoms with van der Waals surface area (Å²) in [5.74, 6) is 0. The second kappa shape index (κ2) is 3.11. The Bertz CT molecular complexity index is 86.0. The van der Waals surface area contributed by atoms with Gasteiger partial charge in [-0.05, 0) is 26.5 Å². The number of hydrogen-bond acceptors (Lipinski definition) is 2. The van der Waals surface area contributed by atoms with E-state index in [9.17, 15) is 0 Å². The minimum atomic E-state index is 0. The van der Waals surface area contributed by atoms with E-state index in [1.165, 1.54) is 0 Å². The molecule has 2 radical (unpaired) electrons. The van der Waals surface area contributed by atoms with Gasteiger partial charge in [0.25, 0.3) is 0 Å². The third-order valence-corrected chi connectivity index (χ3v) is 0.901. The van der Waals surface area contributed by atoms with Gasteiger partial charge in [-0.3, -0.25) is 0 Å². The Morgan fingerprint density at radius 1 is 1.12 bits per heavy atom. The fourth-order valence-electron chi connectivity index (χ4n) is 0.575. The molecule has 2 nitrogen and oxygen atoms in total. The van der Waals surface area contributed by atoms with Gasteiger partial charge < -0.3 is 9.62 Å². The van der Waals surface area contributed by atoms with Crippen molar-refractivity contribution in [3.63, 3.8) is 0 Å². The Morgan fingerprint density at radius 3 is 1.62 bits per heavy atom. The van der Waals surface area contributed by atoms with E-state index in [0.717, 1.165) is 0 Å². The van der Waals surface area contributed by atoms with E-state index in [-0.39, 0.29) is 18.9 Å². The molecule has 4 heteroatoms. The molecule has 0 aliphatic carbocycles. The molecule has 0 unspecified atom stereocenters. The predicted molar refractivity (Wildman–Crippen MR) is 30.4 cm³/mol. The van der Waals surface area contributed by atoms with Gasteiger partial charge in [-0.1, -0.05) is 7.55 Å². The Balaban J connectivity index is 0.000000490. The Labute approximate surface area is 63.0 Å². The van der Waals surface area contributed by atoms with Gasteiger partial charge in [0.2, 0.25) is 0 Å². The van der Waals surface area contributed by atoms with Crippen molar-refractivity contribution in [1.82, 2.24) is 9.62 Å². The van der Waals surface area contributed by atoms with Crippen LogP contribution in [0.1, 0.15) is 0 Å². The maximum atomic E-state index is 2.00. The van der Waals surface area contributed by atoms with Crippen LogP contribution in [-0.2, 0) is 0 Å². The predicted octanol–water partition coefficient (Wildman–Crippen LogP) is -3.13. The number of hydrogen-bond donors (Lipinski definition) is 0. The molecule has 0 N–H and O–H groups in total. The van der Waals surface area contributed by atoms with E-state index in [2.05, 4.69) is 0 Å². The van der Waals surface area contributed by atoms with Crippen molar-refractivity contribution in [3.05, 3.63) is 12.4 Å². The molecule has 0 aromatic carbocycles. The van der Waals surface area contributed by atoms with E-state index in [4.69, 9.17) is 0 Å². The molecule has 0 bridgehead atoms. The summed E-state index contributed by atoms with van der Waals surface area (Å²) in [6.07, 6.45) is 4.00. The first-order chi connectivity index (χ1) is 3.29. The van der Waals surface area contributed by atoms with E-state index in [1.54, 1.807) is 0 Å². The minimum absolute atomic E-state index is 0. The molecule has 0 spiro atoms. The molecule has 0 saturated carbocycles. The van der Waals surface area contributed by atoms with Crippen LogP contribution in [0.3, 0.4) is 0 Å². The molecule has 0 fully saturated rings. The maximum absolute atomic E-state index is 2.00. The van der Waals surface area contributed by atoms with Gasteiger partial charge in [0.15, 0.2) is 0 Å². The molecule has 8 heavy (non-hydrogen) atoms. The van der Waals surface area contributed by atoms with Crippen LogP contribution in [0.5, 0.6) is 0 Å². The second-order valence-corrected chi connectivity index (χ2v) is 1.74. The molecule has 0 saturated heterocycles. The molecular weight excluding hydrogens is 93.8 g/mol. The van der Waals surface area contributed by atoms with Crippen molar-refractivity contribution in [1.29, 1.82) is 0 Å². The van der Waals surface area contributed by atoms with Gasteiger partial charge in [-0.2, -0.15) is 0 Å². The molecule has 38 valence electrons. The zero-order valence-electron chi connectivity index (χ0n) is 5.63. The van der Waals surface area contributed by atoms with Crippen LogP contribution < -0.4 is 18.9 Å². The monoisotopic (exact) mass is 102 g/mol. The fraction of sp³-hybridized carbons (Fsp3) is 0.500. The molecule has 1 aliphatic heterocycles. The molecule has 0 aromatic heterocycles. The first kappa shape index (κ1) is 8.00. The van der Waals surface area contributed by atoms with E-state index < -0.39 is 0 Å². The largest absolute Gasteiger partial charge is 1.00 e. The maximum Gasteiger partial charge on any atom is 1.00 e. The summed E-state index contributed by atoms with van der Waals surface area (Å²) < 4.78 is 0. The molecular formula is C4H8BLiN2. The number of nitrogens with zero attached hydrogens (tertiary/aromatic N) is 2. The smallest absolute Gasteiger partial charge is 0.594 e. The van der Waals surface area contributed by atoms with Crippen LogP contribution in [0.2, 0.25) is 0 Å². The third-order valence-electron chi connectivity index (χ3n) is 0.901. The molecule has 0 aromatic rings. The van der Waals surface area contributed by atoms with Crippen molar-refractivity contribution in [3.8, 4) is 0 Å². The summed E-state index contributed by atoms with van der Waals surface area (Å²) in [7, 11) is 6.00. The second-order valence-electron chi connectivity index (χ2n) is 1.74. The quantitative estimate of drug-likeness (QED) is 0.298. The van der Waals surface area contributed by atoms with E-state index in [1.807, 2.05) is 43.7 Å². The zero-order chi connectivity index (χ0) is 5.28. The standard InChI is InChI=1S/C4H8BN2.Li/c1-6-3-4-7(2)5-6;/h3-4H,1-2H3;/q-1;+1. The van der Waals surface area contributed by atoms with E-state index in [0.29, 0.717) is 0 Å². The first-order valence-electron chi connectivity index (χ1n) is 2.26. The SMILES string of the molecule is CN1[B-]N(C)C=C1.[Li+]. The fourth-order valence-corrected chi connectivity index (χ4v) is 0.575. The summed E-state index contributed by atoms with van der Waals surface area (Å²) >= 11 is 0. The van der Waals surface area contributed by atoms with Gasteiger partial charge in [0.1, 0.15) is 0 Å². The van der Waals surface area contributed by atoms with Crippen molar-refractivity contribution in [2.24, 2.45) is 0 Å². The van der Waals surface area contributed by atoms with Gasteiger partial charge in [-0.15, -0.1) is 0 Å². The van der Waals surface area contributed by atoms with Crippen molar-refractivity contribution in [2.75, 3.05) is 14.1 Å². The summed E-state index contributed by atoms with van der Waals surface area (Å²) in [6.45, 7) is 0. The average Bonchev–Trinajstić information content (AvgIpc) is 1.87. The average molecular weight is 102 g/mol. The Morgan fingerprint density at radius 2 is 1.50 bits per heavy atom. The summed E-state index contributed by atoms with van der Waals surface area (Å²) in [5, 5.41) is 0. The summed E-state index contributed by atoms with van der Waals surface area (Å²) in [5.41, 5.74) is 0.